The van der Waals surface area contributed by atoms with Crippen molar-refractivity contribution in [3.05, 3.63) is 79.9 Å². The summed E-state index contributed by atoms with van der Waals surface area (Å²) in [5.41, 5.74) is 9.25. The van der Waals surface area contributed by atoms with Crippen LogP contribution in [-0.4, -0.2) is 54.5 Å². The molecule has 2 atom stereocenters. The van der Waals surface area contributed by atoms with E-state index in [1.807, 2.05) is 0 Å². The van der Waals surface area contributed by atoms with Crippen molar-refractivity contribution in [2.24, 2.45) is 11.5 Å². The van der Waals surface area contributed by atoms with E-state index in [2.05, 4.69) is 20.6 Å². The zero-order valence-corrected chi connectivity index (χ0v) is 28.7. The third-order valence-corrected chi connectivity index (χ3v) is 10.1. The topological polar surface area (TPSA) is 248 Å². The van der Waals surface area contributed by atoms with Gasteiger partial charge in [-0.15, -0.1) is 0 Å². The van der Waals surface area contributed by atoms with Gasteiger partial charge in [0.1, 0.15) is 29.1 Å². The van der Waals surface area contributed by atoms with Gasteiger partial charge in [0.05, 0.1) is 21.8 Å². The Hall–Kier alpha value is -6.06. The van der Waals surface area contributed by atoms with Crippen LogP contribution >= 0.6 is 0 Å². The molecule has 2 aliphatic rings. The summed E-state index contributed by atoms with van der Waals surface area (Å²) in [6, 6.07) is 7.40. The molecule has 0 aliphatic carbocycles. The van der Waals surface area contributed by atoms with Crippen molar-refractivity contribution >= 4 is 57.2 Å². The summed E-state index contributed by atoms with van der Waals surface area (Å²) in [7, 11) is 0. The number of piperidine rings is 2. The van der Waals surface area contributed by atoms with Crippen molar-refractivity contribution in [3.63, 3.8) is 0 Å². The van der Waals surface area contributed by atoms with Crippen molar-refractivity contribution in [1.29, 1.82) is 0 Å². The predicted molar refractivity (Wildman–Crippen MR) is 187 cm³/mol. The quantitative estimate of drug-likeness (QED) is 0.126. The van der Waals surface area contributed by atoms with Gasteiger partial charge in [-0.25, -0.2) is 9.97 Å². The molecule has 16 nitrogen and oxygen atoms in total. The Morgan fingerprint density at radius 3 is 1.60 bits per heavy atom. The van der Waals surface area contributed by atoms with E-state index in [1.165, 1.54) is 9.13 Å². The molecule has 52 heavy (non-hydrogen) atoms. The largest absolute Gasteiger partial charge is 0.370 e. The van der Waals surface area contributed by atoms with Gasteiger partial charge in [0.25, 0.3) is 11.1 Å². The maximum absolute atomic E-state index is 14.7. The molecule has 2 unspecified atom stereocenters. The summed E-state index contributed by atoms with van der Waals surface area (Å²) in [5, 5.41) is 4.51. The van der Waals surface area contributed by atoms with E-state index in [0.717, 1.165) is 0 Å². The lowest BCUT2D eigenvalue weighted by molar-refractivity contribution is -0.137. The summed E-state index contributed by atoms with van der Waals surface area (Å²) >= 11 is 0. The average Bonchev–Trinajstić information content (AvgIpc) is 3.07. The van der Waals surface area contributed by atoms with Crippen LogP contribution in [0.2, 0.25) is 0 Å². The lowest BCUT2D eigenvalue weighted by atomic mass is 9.68. The van der Waals surface area contributed by atoms with E-state index >= 15 is 0 Å². The second-order valence-electron chi connectivity index (χ2n) is 13.3. The molecule has 6 amide bonds. The molecule has 2 aliphatic heterocycles. The minimum absolute atomic E-state index is 0.000370. The lowest BCUT2D eigenvalue weighted by Crippen LogP contribution is -2.47. The number of amides is 6. The fourth-order valence-corrected chi connectivity index (χ4v) is 7.68. The molecule has 6 rings (SSSR count). The number of carbonyl (C=O) groups excluding carboxylic acids is 6. The molecule has 4 aromatic rings. The number of aryl methyl sites for hydroxylation is 2. The maximum atomic E-state index is 14.7. The number of unbranched alkanes of at least 4 members (excludes halogenated alkanes) is 2. The number of fused-ring (bicyclic) bond motifs is 2. The van der Waals surface area contributed by atoms with Crippen LogP contribution in [0, 0.1) is 13.8 Å². The molecule has 270 valence electrons. The number of nitrogens with zero attached hydrogens (tertiary/aromatic N) is 4. The molecule has 2 aromatic heterocycles. The second-order valence-corrected chi connectivity index (χ2v) is 13.3. The van der Waals surface area contributed by atoms with Crippen molar-refractivity contribution < 1.29 is 28.8 Å². The zero-order chi connectivity index (χ0) is 37.5. The minimum atomic E-state index is -1.89. The number of aromatic nitrogens is 4. The van der Waals surface area contributed by atoms with Crippen LogP contribution in [0.25, 0.3) is 21.8 Å². The van der Waals surface area contributed by atoms with Crippen LogP contribution in [0.1, 0.15) is 92.6 Å². The van der Waals surface area contributed by atoms with E-state index < -0.39 is 64.1 Å². The van der Waals surface area contributed by atoms with Crippen molar-refractivity contribution in [2.45, 2.75) is 89.1 Å². The number of carbonyl (C=O) groups is 6. The maximum Gasteiger partial charge on any atom is 0.262 e. The standard InChI is InChI=1S/C36H38N8O8/c1-18-39-22-10-6-8-20(29(22)33(50)43(18)24-13-15-27(46)41-31(24)48)36(35(38)52,17-5-3-4-12-26(37)45)21-9-7-11-23-30(21)34(51)44(19(2)40-23)25-14-16-28(47)42-32(25)49/h6-11,24-25H,3-5,12-17H2,1-2H3,(H2,37,45)(H2,38,52)(H,41,46,48)(H,42,47,49). The van der Waals surface area contributed by atoms with Gasteiger partial charge in [-0.3, -0.25) is 58.1 Å². The minimum Gasteiger partial charge on any atom is -0.370 e. The highest BCUT2D eigenvalue weighted by Gasteiger charge is 2.45. The molecule has 6 N–H and O–H groups in total. The molecule has 0 radical (unpaired) electrons. The Morgan fingerprint density at radius 2 is 1.19 bits per heavy atom. The normalized spacial score (nSPS) is 19.0. The Bertz CT molecular complexity index is 2190. The highest BCUT2D eigenvalue weighted by Crippen LogP contribution is 2.42. The Kier molecular flexibility index (Phi) is 9.57. The Balaban J connectivity index is 1.66. The first-order chi connectivity index (χ1) is 24.8. The number of primary amides is 2. The third-order valence-electron chi connectivity index (χ3n) is 10.1. The molecule has 2 aromatic carbocycles. The lowest BCUT2D eigenvalue weighted by Gasteiger charge is -2.34. The molecule has 4 heterocycles. The highest BCUT2D eigenvalue weighted by molar-refractivity contribution is 6.02. The van der Waals surface area contributed by atoms with Gasteiger partial charge in [-0.1, -0.05) is 37.1 Å². The molecule has 16 heteroatoms. The molecule has 0 saturated carbocycles. The van der Waals surface area contributed by atoms with Gasteiger partial charge in [-0.2, -0.15) is 0 Å². The molecule has 2 saturated heterocycles. The fraction of sp³-hybridized carbons (Fsp3) is 0.389. The molecular weight excluding hydrogens is 672 g/mol. The Morgan fingerprint density at radius 1 is 0.731 bits per heavy atom. The average molecular weight is 711 g/mol. The smallest absolute Gasteiger partial charge is 0.262 e. The second kappa shape index (κ2) is 13.9. The highest BCUT2D eigenvalue weighted by atomic mass is 16.2. The molecule has 0 spiro atoms. The number of rotatable bonds is 11. The van der Waals surface area contributed by atoms with E-state index in [-0.39, 0.29) is 83.1 Å². The van der Waals surface area contributed by atoms with Crippen LogP contribution in [-0.2, 0) is 34.2 Å². The summed E-state index contributed by atoms with van der Waals surface area (Å²) in [5.74, 6) is -3.24. The first kappa shape index (κ1) is 35.8. The zero-order valence-electron chi connectivity index (χ0n) is 28.7. The van der Waals surface area contributed by atoms with Gasteiger partial charge in [-0.05, 0) is 62.8 Å². The van der Waals surface area contributed by atoms with Crippen LogP contribution in [0.3, 0.4) is 0 Å². The first-order valence-corrected chi connectivity index (χ1v) is 17.1. The monoisotopic (exact) mass is 710 g/mol. The summed E-state index contributed by atoms with van der Waals surface area (Å²) in [4.78, 5) is 114. The van der Waals surface area contributed by atoms with Gasteiger partial charge < -0.3 is 11.5 Å². The number of nitrogens with two attached hydrogens (primary N) is 2. The number of benzene rings is 2. The SMILES string of the molecule is Cc1nc2cccc(C(CCCCCC(N)=O)(C(N)=O)c3cccc4nc(C)n(C5CCC(=O)NC5=O)c(=O)c34)c2c(=O)n1C1CCC(=O)NC1=O. The van der Waals surface area contributed by atoms with Crippen molar-refractivity contribution in [3.8, 4) is 0 Å². The summed E-state index contributed by atoms with van der Waals surface area (Å²) in [6.45, 7) is 3.13. The van der Waals surface area contributed by atoms with Gasteiger partial charge in [0, 0.05) is 19.3 Å². The third kappa shape index (κ3) is 6.13. The summed E-state index contributed by atoms with van der Waals surface area (Å²) in [6.07, 6.45) is 1.31. The van der Waals surface area contributed by atoms with Crippen LogP contribution < -0.4 is 33.2 Å². The van der Waals surface area contributed by atoms with Crippen LogP contribution in [0.4, 0.5) is 0 Å². The van der Waals surface area contributed by atoms with Gasteiger partial charge >= 0.3 is 0 Å². The predicted octanol–water partition coefficient (Wildman–Crippen LogP) is 0.886. The summed E-state index contributed by atoms with van der Waals surface area (Å²) < 4.78 is 2.41. The number of hydrogen-bond acceptors (Lipinski definition) is 10. The van der Waals surface area contributed by atoms with Crippen molar-refractivity contribution in [1.82, 2.24) is 29.7 Å². The molecular formula is C36H38N8O8. The van der Waals surface area contributed by atoms with E-state index in [0.29, 0.717) is 19.3 Å². The molecule has 0 bridgehead atoms. The van der Waals surface area contributed by atoms with Gasteiger partial charge in [0.15, 0.2) is 0 Å². The van der Waals surface area contributed by atoms with Crippen molar-refractivity contribution in [2.75, 3.05) is 0 Å². The van der Waals surface area contributed by atoms with E-state index in [9.17, 15) is 38.4 Å². The van der Waals surface area contributed by atoms with Gasteiger partial charge in [0.2, 0.25) is 35.4 Å². The molecule has 2 fully saturated rings. The number of nitrogens with one attached hydrogen (secondary N) is 2. The number of imide groups is 2. The Labute approximate surface area is 296 Å². The van der Waals surface area contributed by atoms with E-state index in [1.54, 1.807) is 50.2 Å². The first-order valence-electron chi connectivity index (χ1n) is 17.1. The van der Waals surface area contributed by atoms with Crippen LogP contribution in [0.15, 0.2) is 46.0 Å². The van der Waals surface area contributed by atoms with E-state index in [4.69, 9.17) is 11.5 Å². The fourth-order valence-electron chi connectivity index (χ4n) is 7.68. The van der Waals surface area contributed by atoms with Crippen LogP contribution in [0.5, 0.6) is 0 Å². The number of hydrogen-bond donors (Lipinski definition) is 4.